The van der Waals surface area contributed by atoms with Crippen molar-refractivity contribution in [2.75, 3.05) is 12.4 Å². The minimum atomic E-state index is -0.519. The second-order valence-electron chi connectivity index (χ2n) is 5.30. The number of carbonyl (C=O) groups is 2. The van der Waals surface area contributed by atoms with E-state index in [0.717, 1.165) is 11.8 Å². The van der Waals surface area contributed by atoms with Crippen molar-refractivity contribution in [2.24, 2.45) is 0 Å². The summed E-state index contributed by atoms with van der Waals surface area (Å²) in [7, 11) is 0. The Morgan fingerprint density at radius 2 is 1.91 bits per heavy atom. The average molecular weight is 326 g/mol. The van der Waals surface area contributed by atoms with E-state index < -0.39 is 5.97 Å². The summed E-state index contributed by atoms with van der Waals surface area (Å²) in [6, 6.07) is 5.04. The summed E-state index contributed by atoms with van der Waals surface area (Å²) in [5.41, 5.74) is 0. The second-order valence-corrected chi connectivity index (χ2v) is 6.30. The number of esters is 1. The largest absolute Gasteiger partial charge is 0.618 e. The molecular weight excluding hydrogens is 304 g/mol. The molecule has 122 valence electrons. The van der Waals surface area contributed by atoms with Crippen LogP contribution in [0.15, 0.2) is 29.4 Å². The molecule has 0 aliphatic heterocycles. The van der Waals surface area contributed by atoms with E-state index in [2.05, 4.69) is 0 Å². The highest BCUT2D eigenvalue weighted by atomic mass is 32.2. The molecule has 1 aromatic rings. The fourth-order valence-electron chi connectivity index (χ4n) is 2.09. The highest BCUT2D eigenvalue weighted by molar-refractivity contribution is 7.99. The minimum absolute atomic E-state index is 0.0110. The lowest BCUT2D eigenvalue weighted by molar-refractivity contribution is -0.645. The standard InChI is InChI=1S/C15H22N2O4S/c1-11(2)17(12(3)4)13(18)9-21-15(19)10-22-14-7-5-6-8-16(14)20/h5-8,11-12H,9-10H2,1-4H3. The van der Waals surface area contributed by atoms with Crippen LogP contribution in [0.3, 0.4) is 0 Å². The molecule has 0 N–H and O–H groups in total. The molecule has 0 saturated carbocycles. The van der Waals surface area contributed by atoms with Gasteiger partial charge in [0.25, 0.3) is 10.9 Å². The smallest absolute Gasteiger partial charge is 0.317 e. The van der Waals surface area contributed by atoms with Crippen LogP contribution in [0.1, 0.15) is 27.7 Å². The van der Waals surface area contributed by atoms with Crippen molar-refractivity contribution in [2.45, 2.75) is 44.8 Å². The lowest BCUT2D eigenvalue weighted by Gasteiger charge is -2.30. The zero-order valence-corrected chi connectivity index (χ0v) is 14.1. The normalized spacial score (nSPS) is 10.8. The van der Waals surface area contributed by atoms with Crippen LogP contribution in [-0.2, 0) is 14.3 Å². The van der Waals surface area contributed by atoms with Gasteiger partial charge in [-0.3, -0.25) is 9.59 Å². The fourth-order valence-corrected chi connectivity index (χ4v) is 2.80. The van der Waals surface area contributed by atoms with Gasteiger partial charge in [0.1, 0.15) is 5.75 Å². The number of pyridine rings is 1. The van der Waals surface area contributed by atoms with E-state index in [4.69, 9.17) is 4.74 Å². The zero-order valence-electron chi connectivity index (χ0n) is 13.3. The van der Waals surface area contributed by atoms with Gasteiger partial charge in [-0.15, -0.1) is 0 Å². The van der Waals surface area contributed by atoms with Crippen molar-refractivity contribution in [3.05, 3.63) is 29.6 Å². The van der Waals surface area contributed by atoms with Crippen LogP contribution in [-0.4, -0.2) is 41.2 Å². The number of ether oxygens (including phenoxy) is 1. The van der Waals surface area contributed by atoms with Gasteiger partial charge < -0.3 is 14.8 Å². The molecule has 1 rings (SSSR count). The van der Waals surface area contributed by atoms with Crippen molar-refractivity contribution in [1.82, 2.24) is 4.90 Å². The Balaban J connectivity index is 2.43. The van der Waals surface area contributed by atoms with Crippen molar-refractivity contribution < 1.29 is 19.1 Å². The number of aromatic nitrogens is 1. The van der Waals surface area contributed by atoms with Crippen molar-refractivity contribution in [3.8, 4) is 0 Å². The molecular formula is C15H22N2O4S. The minimum Gasteiger partial charge on any atom is -0.618 e. The summed E-state index contributed by atoms with van der Waals surface area (Å²) in [6.45, 7) is 7.38. The number of hydrogen-bond acceptors (Lipinski definition) is 5. The quantitative estimate of drug-likeness (QED) is 0.329. The monoisotopic (exact) mass is 326 g/mol. The van der Waals surface area contributed by atoms with Gasteiger partial charge in [-0.2, -0.15) is 4.73 Å². The maximum absolute atomic E-state index is 12.0. The maximum Gasteiger partial charge on any atom is 0.317 e. The molecule has 1 heterocycles. The van der Waals surface area contributed by atoms with E-state index in [1.807, 2.05) is 27.7 Å². The number of rotatable bonds is 7. The number of thioether (sulfide) groups is 1. The molecule has 0 aromatic carbocycles. The summed E-state index contributed by atoms with van der Waals surface area (Å²) < 4.78 is 5.67. The molecule has 0 spiro atoms. The van der Waals surface area contributed by atoms with Gasteiger partial charge >= 0.3 is 5.97 Å². The molecule has 0 aliphatic carbocycles. The van der Waals surface area contributed by atoms with Gasteiger partial charge in [-0.25, -0.2) is 0 Å². The predicted molar refractivity (Wildman–Crippen MR) is 84.2 cm³/mol. The third-order valence-electron chi connectivity index (χ3n) is 2.88. The SMILES string of the molecule is CC(C)N(C(=O)COC(=O)CSc1cccc[n+]1[O-])C(C)C. The summed E-state index contributed by atoms with van der Waals surface area (Å²) in [6.07, 6.45) is 1.36. The topological polar surface area (TPSA) is 73.5 Å². The van der Waals surface area contributed by atoms with E-state index in [0.29, 0.717) is 9.76 Å². The molecule has 0 fully saturated rings. The molecule has 0 atom stereocenters. The van der Waals surface area contributed by atoms with Crippen LogP contribution in [0, 0.1) is 5.21 Å². The number of hydrogen-bond donors (Lipinski definition) is 0. The molecule has 0 bridgehead atoms. The van der Waals surface area contributed by atoms with Gasteiger partial charge in [0.05, 0.1) is 0 Å². The molecule has 0 unspecified atom stereocenters. The van der Waals surface area contributed by atoms with Crippen LogP contribution >= 0.6 is 11.8 Å². The van der Waals surface area contributed by atoms with Crippen LogP contribution < -0.4 is 4.73 Å². The third kappa shape index (κ3) is 5.55. The first-order valence-electron chi connectivity index (χ1n) is 7.10. The Labute approximate surface area is 135 Å². The van der Waals surface area contributed by atoms with Crippen molar-refractivity contribution >= 4 is 23.6 Å². The van der Waals surface area contributed by atoms with E-state index >= 15 is 0 Å². The van der Waals surface area contributed by atoms with Gasteiger partial charge in [0, 0.05) is 24.2 Å². The fraction of sp³-hybridized carbons (Fsp3) is 0.533. The van der Waals surface area contributed by atoms with Gasteiger partial charge in [-0.05, 0) is 45.5 Å². The predicted octanol–water partition coefficient (Wildman–Crippen LogP) is 1.60. The summed E-state index contributed by atoms with van der Waals surface area (Å²) in [4.78, 5) is 25.4. The van der Waals surface area contributed by atoms with Crippen LogP contribution in [0.5, 0.6) is 0 Å². The van der Waals surface area contributed by atoms with Crippen molar-refractivity contribution in [3.63, 3.8) is 0 Å². The number of amides is 1. The van der Waals surface area contributed by atoms with Crippen LogP contribution in [0.4, 0.5) is 0 Å². The van der Waals surface area contributed by atoms with Crippen molar-refractivity contribution in [1.29, 1.82) is 0 Å². The Bertz CT molecular complexity index is 512. The summed E-state index contributed by atoms with van der Waals surface area (Å²) >= 11 is 1.08. The lowest BCUT2D eigenvalue weighted by atomic mass is 10.2. The first kappa shape index (κ1) is 18.3. The van der Waals surface area contributed by atoms with E-state index in [1.54, 1.807) is 23.1 Å². The first-order valence-corrected chi connectivity index (χ1v) is 8.09. The molecule has 0 radical (unpaired) electrons. The second kappa shape index (κ2) is 8.63. The molecule has 1 aromatic heterocycles. The summed E-state index contributed by atoms with van der Waals surface area (Å²) in [5.74, 6) is -0.750. The Morgan fingerprint density at radius 1 is 1.27 bits per heavy atom. The zero-order chi connectivity index (χ0) is 16.7. The average Bonchev–Trinajstić information content (AvgIpc) is 2.43. The molecule has 6 nitrogen and oxygen atoms in total. The molecule has 22 heavy (non-hydrogen) atoms. The van der Waals surface area contributed by atoms with E-state index in [9.17, 15) is 14.8 Å². The Kier molecular flexibility index (Phi) is 7.17. The van der Waals surface area contributed by atoms with Gasteiger partial charge in [0.2, 0.25) is 0 Å². The maximum atomic E-state index is 12.0. The molecule has 0 aliphatic rings. The van der Waals surface area contributed by atoms with Gasteiger partial charge in [0.15, 0.2) is 12.8 Å². The molecule has 0 saturated heterocycles. The summed E-state index contributed by atoms with van der Waals surface area (Å²) in [5, 5.41) is 11.8. The highest BCUT2D eigenvalue weighted by Crippen LogP contribution is 2.12. The third-order valence-corrected chi connectivity index (χ3v) is 3.88. The van der Waals surface area contributed by atoms with Crippen LogP contribution in [0.25, 0.3) is 0 Å². The first-order chi connectivity index (χ1) is 10.3. The van der Waals surface area contributed by atoms with Gasteiger partial charge in [-0.1, -0.05) is 0 Å². The van der Waals surface area contributed by atoms with Crippen LogP contribution in [0.2, 0.25) is 0 Å². The van der Waals surface area contributed by atoms with E-state index in [1.165, 1.54) is 6.20 Å². The molecule has 7 heteroatoms. The Morgan fingerprint density at radius 3 is 2.45 bits per heavy atom. The highest BCUT2D eigenvalue weighted by Gasteiger charge is 2.21. The molecule has 1 amide bonds. The van der Waals surface area contributed by atoms with E-state index in [-0.39, 0.29) is 30.4 Å². The lowest BCUT2D eigenvalue weighted by Crippen LogP contribution is -2.44. The number of nitrogens with zero attached hydrogens (tertiary/aromatic N) is 2. The Hall–Kier alpha value is -1.76. The number of carbonyl (C=O) groups excluding carboxylic acids is 2.